The van der Waals surface area contributed by atoms with Crippen LogP contribution < -0.4 is 11.1 Å². The van der Waals surface area contributed by atoms with Crippen LogP contribution in [-0.2, 0) is 17.6 Å². The Balaban J connectivity index is 0.00000176. The van der Waals surface area contributed by atoms with E-state index in [1.807, 2.05) is 6.92 Å². The lowest BCUT2D eigenvalue weighted by Crippen LogP contribution is -2.51. The van der Waals surface area contributed by atoms with Crippen LogP contribution >= 0.6 is 23.7 Å². The topological polar surface area (TPSA) is 68.0 Å². The van der Waals surface area contributed by atoms with Gasteiger partial charge in [0.2, 0.25) is 5.91 Å². The highest BCUT2D eigenvalue weighted by molar-refractivity contribution is 7.15. The lowest BCUT2D eigenvalue weighted by Gasteiger charge is -2.36. The summed E-state index contributed by atoms with van der Waals surface area (Å²) in [6, 6.07) is 0. The van der Waals surface area contributed by atoms with E-state index >= 15 is 0 Å². The van der Waals surface area contributed by atoms with Crippen molar-refractivity contribution in [2.24, 2.45) is 17.6 Å². The molecule has 4 nitrogen and oxygen atoms in total. The molecule has 3 N–H and O–H groups in total. The van der Waals surface area contributed by atoms with Gasteiger partial charge in [0.1, 0.15) is 0 Å². The molecule has 2 aliphatic carbocycles. The van der Waals surface area contributed by atoms with Crippen molar-refractivity contribution in [3.8, 4) is 0 Å². The van der Waals surface area contributed by atoms with Crippen LogP contribution in [0.5, 0.6) is 0 Å². The number of rotatable bonds is 2. The molecule has 0 aromatic carbocycles. The Morgan fingerprint density at radius 1 is 1.41 bits per heavy atom. The summed E-state index contributed by atoms with van der Waals surface area (Å²) in [4.78, 5) is 18.5. The number of nitrogens with zero attached hydrogens (tertiary/aromatic N) is 1. The minimum atomic E-state index is -0.381. The summed E-state index contributed by atoms with van der Waals surface area (Å²) < 4.78 is 0. The predicted octanol–water partition coefficient (Wildman–Crippen LogP) is 3.54. The van der Waals surface area contributed by atoms with Crippen molar-refractivity contribution in [3.05, 3.63) is 10.6 Å². The zero-order chi connectivity index (χ0) is 15.0. The first-order valence-electron chi connectivity index (χ1n) is 8.04. The molecule has 1 saturated carbocycles. The number of aromatic nitrogens is 1. The van der Waals surface area contributed by atoms with Crippen molar-refractivity contribution in [1.29, 1.82) is 0 Å². The van der Waals surface area contributed by atoms with Crippen molar-refractivity contribution in [1.82, 2.24) is 4.98 Å². The van der Waals surface area contributed by atoms with Crippen molar-refractivity contribution < 1.29 is 4.79 Å². The van der Waals surface area contributed by atoms with Gasteiger partial charge in [0, 0.05) is 10.4 Å². The van der Waals surface area contributed by atoms with E-state index in [9.17, 15) is 4.79 Å². The van der Waals surface area contributed by atoms with Gasteiger partial charge in [-0.25, -0.2) is 4.98 Å². The Morgan fingerprint density at radius 3 is 2.91 bits per heavy atom. The van der Waals surface area contributed by atoms with Gasteiger partial charge >= 0.3 is 0 Å². The van der Waals surface area contributed by atoms with Crippen LogP contribution in [0.3, 0.4) is 0 Å². The van der Waals surface area contributed by atoms with E-state index in [1.54, 1.807) is 11.3 Å². The number of hydrogen-bond acceptors (Lipinski definition) is 4. The summed E-state index contributed by atoms with van der Waals surface area (Å²) in [5.41, 5.74) is 7.12. The molecule has 1 aromatic heterocycles. The number of fused-ring (bicyclic) bond motifs is 1. The van der Waals surface area contributed by atoms with Crippen LogP contribution in [0, 0.1) is 11.8 Å². The Bertz CT molecular complexity index is 543. The van der Waals surface area contributed by atoms with E-state index in [1.165, 1.54) is 17.0 Å². The highest BCUT2D eigenvalue weighted by Crippen LogP contribution is 2.35. The third kappa shape index (κ3) is 3.63. The Labute approximate surface area is 142 Å². The van der Waals surface area contributed by atoms with Crippen LogP contribution in [0.2, 0.25) is 0 Å². The quantitative estimate of drug-likeness (QED) is 0.863. The summed E-state index contributed by atoms with van der Waals surface area (Å²) in [6.07, 6.45) is 7.38. The molecule has 0 radical (unpaired) electrons. The SMILES string of the molecule is CC1CCc2nc(NC(=O)C3CCCCC3(C)N)sc2C1.Cl. The zero-order valence-electron chi connectivity index (χ0n) is 13.4. The van der Waals surface area contributed by atoms with Gasteiger partial charge in [-0.05, 0) is 44.9 Å². The highest BCUT2D eigenvalue weighted by atomic mass is 35.5. The maximum Gasteiger partial charge on any atom is 0.231 e. The van der Waals surface area contributed by atoms with Gasteiger partial charge < -0.3 is 11.1 Å². The summed E-state index contributed by atoms with van der Waals surface area (Å²) in [5.74, 6) is 0.692. The van der Waals surface area contributed by atoms with Gasteiger partial charge in [-0.3, -0.25) is 4.79 Å². The third-order valence-electron chi connectivity index (χ3n) is 4.99. The van der Waals surface area contributed by atoms with E-state index < -0.39 is 0 Å². The van der Waals surface area contributed by atoms with Crippen LogP contribution in [0.15, 0.2) is 0 Å². The normalized spacial score (nSPS) is 31.0. The summed E-state index contributed by atoms with van der Waals surface area (Å²) >= 11 is 1.65. The lowest BCUT2D eigenvalue weighted by atomic mass is 9.74. The molecular formula is C16H26ClN3OS. The maximum atomic E-state index is 12.5. The minimum absolute atomic E-state index is 0. The summed E-state index contributed by atoms with van der Waals surface area (Å²) in [6.45, 7) is 4.29. The molecule has 6 heteroatoms. The van der Waals surface area contributed by atoms with Crippen molar-refractivity contribution in [2.75, 3.05) is 5.32 Å². The number of anilines is 1. The number of carbonyl (C=O) groups excluding carboxylic acids is 1. The second kappa shape index (κ2) is 6.85. The van der Waals surface area contributed by atoms with Gasteiger partial charge in [-0.15, -0.1) is 23.7 Å². The van der Waals surface area contributed by atoms with Crippen molar-refractivity contribution in [2.45, 2.75) is 64.3 Å². The lowest BCUT2D eigenvalue weighted by molar-refractivity contribution is -0.122. The predicted molar refractivity (Wildman–Crippen MR) is 93.7 cm³/mol. The molecular weight excluding hydrogens is 318 g/mol. The van der Waals surface area contributed by atoms with E-state index in [0.717, 1.165) is 49.6 Å². The van der Waals surface area contributed by atoms with Crippen LogP contribution in [-0.4, -0.2) is 16.4 Å². The number of thiazole rings is 1. The summed E-state index contributed by atoms with van der Waals surface area (Å²) in [5, 5.41) is 3.79. The standard InChI is InChI=1S/C16H25N3OS.ClH/c1-10-6-7-12-13(9-10)21-15(18-12)19-14(20)11-5-3-4-8-16(11,2)17;/h10-11H,3-9,17H2,1-2H3,(H,18,19,20);1H. The van der Waals surface area contributed by atoms with Gasteiger partial charge in [-0.2, -0.15) is 0 Å². The molecule has 3 rings (SSSR count). The van der Waals surface area contributed by atoms with Crippen molar-refractivity contribution >= 4 is 34.8 Å². The molecule has 0 aliphatic heterocycles. The molecule has 1 amide bonds. The Kier molecular flexibility index (Phi) is 5.51. The van der Waals surface area contributed by atoms with Gasteiger partial charge in [0.05, 0.1) is 11.6 Å². The first kappa shape index (κ1) is 17.7. The van der Waals surface area contributed by atoms with Crippen molar-refractivity contribution in [3.63, 3.8) is 0 Å². The first-order valence-corrected chi connectivity index (χ1v) is 8.85. The fraction of sp³-hybridized carbons (Fsp3) is 0.750. The fourth-order valence-corrected chi connectivity index (χ4v) is 4.75. The minimum Gasteiger partial charge on any atom is -0.325 e. The number of nitrogens with two attached hydrogens (primary N) is 1. The molecule has 0 spiro atoms. The third-order valence-corrected chi connectivity index (χ3v) is 6.02. The maximum absolute atomic E-state index is 12.5. The highest BCUT2D eigenvalue weighted by Gasteiger charge is 2.38. The van der Waals surface area contributed by atoms with Crippen LogP contribution in [0.25, 0.3) is 0 Å². The summed E-state index contributed by atoms with van der Waals surface area (Å²) in [7, 11) is 0. The van der Waals surface area contributed by atoms with Gasteiger partial charge in [0.25, 0.3) is 0 Å². The first-order chi connectivity index (χ1) is 9.95. The van der Waals surface area contributed by atoms with E-state index in [-0.39, 0.29) is 29.8 Å². The molecule has 2 aliphatic rings. The molecule has 3 unspecified atom stereocenters. The molecule has 124 valence electrons. The van der Waals surface area contributed by atoms with Gasteiger partial charge in [0.15, 0.2) is 5.13 Å². The second-order valence-electron chi connectivity index (χ2n) is 7.03. The molecule has 22 heavy (non-hydrogen) atoms. The fourth-order valence-electron chi connectivity index (χ4n) is 3.57. The molecule has 1 fully saturated rings. The molecule has 0 bridgehead atoms. The van der Waals surface area contributed by atoms with E-state index in [2.05, 4.69) is 17.2 Å². The average molecular weight is 344 g/mol. The number of hydrogen-bond donors (Lipinski definition) is 2. The monoisotopic (exact) mass is 343 g/mol. The Morgan fingerprint density at radius 2 is 2.18 bits per heavy atom. The zero-order valence-corrected chi connectivity index (χ0v) is 15.0. The number of amides is 1. The van der Waals surface area contributed by atoms with E-state index in [4.69, 9.17) is 5.73 Å². The van der Waals surface area contributed by atoms with E-state index in [0.29, 0.717) is 0 Å². The molecule has 3 atom stereocenters. The number of halogens is 1. The number of nitrogens with one attached hydrogen (secondary N) is 1. The van der Waals surface area contributed by atoms with Crippen LogP contribution in [0.1, 0.15) is 56.5 Å². The Hall–Kier alpha value is -0.650. The smallest absolute Gasteiger partial charge is 0.231 e. The molecule has 1 heterocycles. The van der Waals surface area contributed by atoms with Gasteiger partial charge in [-0.1, -0.05) is 19.8 Å². The van der Waals surface area contributed by atoms with Crippen LogP contribution in [0.4, 0.5) is 5.13 Å². The number of aryl methyl sites for hydroxylation is 1. The molecule has 0 saturated heterocycles. The largest absolute Gasteiger partial charge is 0.325 e. The second-order valence-corrected chi connectivity index (χ2v) is 8.11. The average Bonchev–Trinajstić information content (AvgIpc) is 2.79. The number of carbonyl (C=O) groups is 1. The molecule has 1 aromatic rings.